The maximum atomic E-state index is 12.0. The quantitative estimate of drug-likeness (QED) is 0.769. The van der Waals surface area contributed by atoms with Gasteiger partial charge >= 0.3 is 6.09 Å². The zero-order valence-corrected chi connectivity index (χ0v) is 14.0. The molecule has 0 aromatic carbocycles. The molecule has 0 aromatic rings. The molecule has 1 fully saturated rings. The monoisotopic (exact) mass is 319 g/mol. The normalized spacial score (nSPS) is 19.6. The molecule has 1 saturated heterocycles. The van der Waals surface area contributed by atoms with E-state index in [0.717, 1.165) is 6.26 Å². The van der Waals surface area contributed by atoms with Gasteiger partial charge in [-0.2, -0.15) is 0 Å². The number of sulfone groups is 1. The lowest BCUT2D eigenvalue weighted by Crippen LogP contribution is -2.35. The minimum absolute atomic E-state index is 0.0290. The summed E-state index contributed by atoms with van der Waals surface area (Å²) in [5.74, 6) is -0.136. The van der Waals surface area contributed by atoms with Gasteiger partial charge in [0.05, 0.1) is 5.75 Å². The molecule has 1 aliphatic heterocycles. The van der Waals surface area contributed by atoms with Gasteiger partial charge in [-0.1, -0.05) is 0 Å². The van der Waals surface area contributed by atoms with E-state index in [1.165, 1.54) is 0 Å². The largest absolute Gasteiger partial charge is 0.444 e. The summed E-state index contributed by atoms with van der Waals surface area (Å²) in [4.78, 5) is 25.4. The summed E-state index contributed by atoms with van der Waals surface area (Å²) >= 11 is 0. The van der Waals surface area contributed by atoms with Crippen LogP contribution in [0.3, 0.4) is 0 Å². The zero-order valence-electron chi connectivity index (χ0n) is 13.2. The van der Waals surface area contributed by atoms with Gasteiger partial charge in [-0.15, -0.1) is 0 Å². The fraction of sp³-hybridized carbons (Fsp3) is 0.857. The molecule has 0 aliphatic carbocycles. The van der Waals surface area contributed by atoms with E-state index in [1.807, 2.05) is 0 Å². The van der Waals surface area contributed by atoms with E-state index in [4.69, 9.17) is 4.74 Å². The summed E-state index contributed by atoms with van der Waals surface area (Å²) < 4.78 is 27.3. The SMILES string of the molecule is CC(C)(C)OC(=O)N1CCC(C(=O)CCCS(C)(=O)=O)C1. The first-order chi connectivity index (χ1) is 9.48. The molecule has 1 heterocycles. The summed E-state index contributed by atoms with van der Waals surface area (Å²) in [7, 11) is -3.02. The minimum Gasteiger partial charge on any atom is -0.444 e. The molecule has 0 spiro atoms. The zero-order chi connectivity index (χ0) is 16.3. The Balaban J connectivity index is 2.40. The maximum absolute atomic E-state index is 12.0. The van der Waals surface area contributed by atoms with Crippen molar-refractivity contribution >= 4 is 21.7 Å². The van der Waals surface area contributed by atoms with Gasteiger partial charge in [-0.05, 0) is 33.6 Å². The molecule has 6 nitrogen and oxygen atoms in total. The van der Waals surface area contributed by atoms with Crippen molar-refractivity contribution < 1.29 is 22.7 Å². The van der Waals surface area contributed by atoms with E-state index in [-0.39, 0.29) is 23.9 Å². The second kappa shape index (κ2) is 6.77. The summed E-state index contributed by atoms with van der Waals surface area (Å²) in [6, 6.07) is 0. The number of hydrogen-bond acceptors (Lipinski definition) is 5. The van der Waals surface area contributed by atoms with E-state index < -0.39 is 21.5 Å². The number of ether oxygens (including phenoxy) is 1. The van der Waals surface area contributed by atoms with Gasteiger partial charge in [0, 0.05) is 31.7 Å². The number of Topliss-reactive ketones (excluding diaryl/α,β-unsaturated/α-hetero) is 1. The average Bonchev–Trinajstić information content (AvgIpc) is 2.73. The third kappa shape index (κ3) is 6.93. The van der Waals surface area contributed by atoms with Crippen LogP contribution in [0.25, 0.3) is 0 Å². The van der Waals surface area contributed by atoms with Crippen molar-refractivity contribution in [3.05, 3.63) is 0 Å². The van der Waals surface area contributed by atoms with Crippen molar-refractivity contribution in [2.45, 2.75) is 45.6 Å². The van der Waals surface area contributed by atoms with Crippen LogP contribution < -0.4 is 0 Å². The smallest absolute Gasteiger partial charge is 0.410 e. The van der Waals surface area contributed by atoms with Crippen molar-refractivity contribution in [3.8, 4) is 0 Å². The Labute approximate surface area is 126 Å². The molecule has 1 aliphatic rings. The molecule has 0 saturated carbocycles. The summed E-state index contributed by atoms with van der Waals surface area (Å²) in [5.41, 5.74) is -0.547. The van der Waals surface area contributed by atoms with E-state index in [1.54, 1.807) is 25.7 Å². The van der Waals surface area contributed by atoms with Crippen LogP contribution in [0.2, 0.25) is 0 Å². The van der Waals surface area contributed by atoms with Gasteiger partial charge < -0.3 is 9.64 Å². The number of ketones is 1. The average molecular weight is 319 g/mol. The van der Waals surface area contributed by atoms with Crippen LogP contribution >= 0.6 is 0 Å². The molecule has 0 bridgehead atoms. The highest BCUT2D eigenvalue weighted by Gasteiger charge is 2.32. The second-order valence-electron chi connectivity index (χ2n) is 6.61. The first-order valence-corrected chi connectivity index (χ1v) is 9.22. The van der Waals surface area contributed by atoms with E-state index in [9.17, 15) is 18.0 Å². The first-order valence-electron chi connectivity index (χ1n) is 7.16. The number of carbonyl (C=O) groups excluding carboxylic acids is 2. The Morgan fingerprint density at radius 1 is 1.29 bits per heavy atom. The standard InChI is InChI=1S/C14H25NO5S/c1-14(2,3)20-13(17)15-8-7-11(10-15)12(16)6-5-9-21(4,18)19/h11H,5-10H2,1-4H3. The van der Waals surface area contributed by atoms with Gasteiger partial charge in [-0.25, -0.2) is 13.2 Å². The fourth-order valence-corrected chi connectivity index (χ4v) is 2.90. The van der Waals surface area contributed by atoms with Crippen LogP contribution in [-0.4, -0.2) is 55.9 Å². The van der Waals surface area contributed by atoms with Crippen molar-refractivity contribution in [1.82, 2.24) is 4.90 Å². The highest BCUT2D eigenvalue weighted by atomic mass is 32.2. The van der Waals surface area contributed by atoms with Gasteiger partial charge in [0.2, 0.25) is 0 Å². The number of rotatable bonds is 5. The molecule has 0 aromatic heterocycles. The highest BCUT2D eigenvalue weighted by molar-refractivity contribution is 7.90. The van der Waals surface area contributed by atoms with Gasteiger partial charge in [0.1, 0.15) is 21.2 Å². The lowest BCUT2D eigenvalue weighted by molar-refractivity contribution is -0.122. The minimum atomic E-state index is -3.02. The molecule has 122 valence electrons. The number of amides is 1. The molecule has 1 rings (SSSR count). The van der Waals surface area contributed by atoms with Crippen molar-refractivity contribution in [3.63, 3.8) is 0 Å². The van der Waals surface area contributed by atoms with E-state index >= 15 is 0 Å². The summed E-state index contributed by atoms with van der Waals surface area (Å²) in [6.07, 6.45) is 1.99. The number of carbonyl (C=O) groups is 2. The van der Waals surface area contributed by atoms with Crippen molar-refractivity contribution in [2.75, 3.05) is 25.1 Å². The molecular weight excluding hydrogens is 294 g/mol. The molecule has 21 heavy (non-hydrogen) atoms. The highest BCUT2D eigenvalue weighted by Crippen LogP contribution is 2.21. The molecular formula is C14H25NO5S. The van der Waals surface area contributed by atoms with Crippen LogP contribution in [0.5, 0.6) is 0 Å². The molecule has 0 N–H and O–H groups in total. The molecule has 1 atom stereocenters. The first kappa shape index (κ1) is 17.9. The summed E-state index contributed by atoms with van der Waals surface area (Å²) in [5, 5.41) is 0. The maximum Gasteiger partial charge on any atom is 0.410 e. The van der Waals surface area contributed by atoms with E-state index in [0.29, 0.717) is 25.9 Å². The topological polar surface area (TPSA) is 80.8 Å². The second-order valence-corrected chi connectivity index (χ2v) is 8.87. The van der Waals surface area contributed by atoms with Gasteiger partial charge in [-0.3, -0.25) is 4.79 Å². The molecule has 7 heteroatoms. The Morgan fingerprint density at radius 3 is 2.43 bits per heavy atom. The fourth-order valence-electron chi connectivity index (χ4n) is 2.23. The third-order valence-electron chi connectivity index (χ3n) is 3.23. The van der Waals surface area contributed by atoms with Gasteiger partial charge in [0.15, 0.2) is 0 Å². The Hall–Kier alpha value is -1.11. The Kier molecular flexibility index (Phi) is 5.78. The molecule has 1 unspecified atom stereocenters. The summed E-state index contributed by atoms with van der Waals surface area (Å²) in [6.45, 7) is 6.28. The third-order valence-corrected chi connectivity index (χ3v) is 4.26. The lowest BCUT2D eigenvalue weighted by Gasteiger charge is -2.24. The van der Waals surface area contributed by atoms with Gasteiger partial charge in [0.25, 0.3) is 0 Å². The van der Waals surface area contributed by atoms with Crippen molar-refractivity contribution in [1.29, 1.82) is 0 Å². The van der Waals surface area contributed by atoms with Crippen LogP contribution in [0.4, 0.5) is 4.79 Å². The molecule has 1 amide bonds. The lowest BCUT2D eigenvalue weighted by atomic mass is 10.00. The van der Waals surface area contributed by atoms with Crippen LogP contribution in [0, 0.1) is 5.92 Å². The van der Waals surface area contributed by atoms with Crippen LogP contribution in [0.15, 0.2) is 0 Å². The molecule has 0 radical (unpaired) electrons. The van der Waals surface area contributed by atoms with Crippen LogP contribution in [0.1, 0.15) is 40.0 Å². The predicted octanol–water partition coefficient (Wildman–Crippen LogP) is 1.64. The van der Waals surface area contributed by atoms with E-state index in [2.05, 4.69) is 0 Å². The number of nitrogens with zero attached hydrogens (tertiary/aromatic N) is 1. The predicted molar refractivity (Wildman–Crippen MR) is 79.9 cm³/mol. The Morgan fingerprint density at radius 2 is 1.90 bits per heavy atom. The van der Waals surface area contributed by atoms with Crippen molar-refractivity contribution in [2.24, 2.45) is 5.92 Å². The Bertz CT molecular complexity index is 492. The van der Waals surface area contributed by atoms with Crippen LogP contribution in [-0.2, 0) is 19.4 Å². The number of likely N-dealkylation sites (tertiary alicyclic amines) is 1. The number of hydrogen-bond donors (Lipinski definition) is 0.